The van der Waals surface area contributed by atoms with E-state index >= 15 is 0 Å². The van der Waals surface area contributed by atoms with Crippen molar-refractivity contribution in [2.24, 2.45) is 0 Å². The fourth-order valence-corrected chi connectivity index (χ4v) is 2.68. The molecule has 1 saturated heterocycles. The summed E-state index contributed by atoms with van der Waals surface area (Å²) in [4.78, 5) is 4.93. The lowest BCUT2D eigenvalue weighted by atomic mass is 10.2. The highest BCUT2D eigenvalue weighted by molar-refractivity contribution is 5.17. The van der Waals surface area contributed by atoms with Crippen LogP contribution < -0.4 is 5.32 Å². The van der Waals surface area contributed by atoms with Crippen molar-refractivity contribution in [1.82, 2.24) is 15.1 Å². The topological polar surface area (TPSA) is 31.7 Å². The Morgan fingerprint density at radius 2 is 2.21 bits per heavy atom. The molecule has 2 fully saturated rings. The van der Waals surface area contributed by atoms with Crippen molar-refractivity contribution in [2.75, 3.05) is 26.7 Å². The van der Waals surface area contributed by atoms with Gasteiger partial charge in [0, 0.05) is 43.8 Å². The Morgan fingerprint density at radius 3 is 2.95 bits per heavy atom. The molecular formula is C15H25N3O. The molecule has 19 heavy (non-hydrogen) atoms. The lowest BCUT2D eigenvalue weighted by molar-refractivity contribution is 0.0943. The van der Waals surface area contributed by atoms with E-state index in [1.54, 1.807) is 0 Å². The normalized spacial score (nSPS) is 25.9. The second-order valence-corrected chi connectivity index (χ2v) is 6.09. The predicted molar refractivity (Wildman–Crippen MR) is 75.9 cm³/mol. The van der Waals surface area contributed by atoms with Gasteiger partial charge in [0.1, 0.15) is 5.76 Å². The number of likely N-dealkylation sites (N-methyl/N-ethyl adjacent to an activating group) is 1. The molecule has 0 radical (unpaired) electrons. The van der Waals surface area contributed by atoms with Gasteiger partial charge in [-0.2, -0.15) is 0 Å². The smallest absolute Gasteiger partial charge is 0.122 e. The zero-order chi connectivity index (χ0) is 13.2. The number of nitrogens with zero attached hydrogens (tertiary/aromatic N) is 2. The summed E-state index contributed by atoms with van der Waals surface area (Å²) in [5.74, 6) is 1.14. The zero-order valence-corrected chi connectivity index (χ0v) is 12.1. The summed E-state index contributed by atoms with van der Waals surface area (Å²) in [5, 5.41) is 3.57. The van der Waals surface area contributed by atoms with Crippen LogP contribution in [0.5, 0.6) is 0 Å². The Morgan fingerprint density at radius 1 is 1.37 bits per heavy atom. The standard InChI is InChI=1S/C15H25N3O/c1-12-10-18(7-6-17(12)2)11-15-13(5-8-19-15)9-16-14-3-4-14/h5,8,12,14,16H,3-4,6-7,9-11H2,1-2H3. The number of hydrogen-bond acceptors (Lipinski definition) is 4. The van der Waals surface area contributed by atoms with E-state index in [1.165, 1.54) is 18.4 Å². The van der Waals surface area contributed by atoms with Crippen molar-refractivity contribution in [3.63, 3.8) is 0 Å². The second kappa shape index (κ2) is 5.65. The summed E-state index contributed by atoms with van der Waals surface area (Å²) in [6, 6.07) is 3.51. The monoisotopic (exact) mass is 263 g/mol. The molecule has 1 aliphatic heterocycles. The molecule has 0 amide bonds. The van der Waals surface area contributed by atoms with Crippen LogP contribution in [0.3, 0.4) is 0 Å². The first kappa shape index (κ1) is 13.2. The highest BCUT2D eigenvalue weighted by Gasteiger charge is 2.23. The average molecular weight is 263 g/mol. The van der Waals surface area contributed by atoms with Crippen LogP contribution in [0, 0.1) is 0 Å². The Balaban J connectivity index is 1.55. The third kappa shape index (κ3) is 3.38. The minimum atomic E-state index is 0.636. The Labute approximate surface area is 115 Å². The maximum Gasteiger partial charge on any atom is 0.122 e. The molecule has 0 aromatic carbocycles. The minimum Gasteiger partial charge on any atom is -0.468 e. The van der Waals surface area contributed by atoms with Crippen LogP contribution in [0.4, 0.5) is 0 Å². The molecule has 1 unspecified atom stereocenters. The molecule has 1 aromatic heterocycles. The number of nitrogens with one attached hydrogen (secondary N) is 1. The minimum absolute atomic E-state index is 0.636. The summed E-state index contributed by atoms with van der Waals surface area (Å²) in [7, 11) is 2.21. The van der Waals surface area contributed by atoms with E-state index in [-0.39, 0.29) is 0 Å². The summed E-state index contributed by atoms with van der Waals surface area (Å²) in [6.45, 7) is 7.62. The molecule has 2 aliphatic rings. The molecule has 1 aromatic rings. The van der Waals surface area contributed by atoms with Gasteiger partial charge in [0.25, 0.3) is 0 Å². The molecule has 4 nitrogen and oxygen atoms in total. The van der Waals surface area contributed by atoms with E-state index in [1.807, 2.05) is 6.26 Å². The van der Waals surface area contributed by atoms with Gasteiger partial charge < -0.3 is 14.6 Å². The maximum absolute atomic E-state index is 5.69. The van der Waals surface area contributed by atoms with Gasteiger partial charge in [-0.05, 0) is 32.9 Å². The summed E-state index contributed by atoms with van der Waals surface area (Å²) < 4.78 is 5.69. The lowest BCUT2D eigenvalue weighted by Crippen LogP contribution is -2.49. The van der Waals surface area contributed by atoms with Crippen molar-refractivity contribution >= 4 is 0 Å². The fraction of sp³-hybridized carbons (Fsp3) is 0.733. The molecule has 1 saturated carbocycles. The fourth-order valence-electron chi connectivity index (χ4n) is 2.68. The summed E-state index contributed by atoms with van der Waals surface area (Å²) >= 11 is 0. The number of hydrogen-bond donors (Lipinski definition) is 1. The van der Waals surface area contributed by atoms with Gasteiger partial charge in [0.05, 0.1) is 12.8 Å². The van der Waals surface area contributed by atoms with Gasteiger partial charge in [0.15, 0.2) is 0 Å². The van der Waals surface area contributed by atoms with Crippen LogP contribution in [-0.2, 0) is 13.1 Å². The molecule has 0 spiro atoms. The third-order valence-electron chi connectivity index (χ3n) is 4.41. The van der Waals surface area contributed by atoms with Crippen molar-refractivity contribution in [2.45, 2.75) is 44.9 Å². The van der Waals surface area contributed by atoms with E-state index in [9.17, 15) is 0 Å². The quantitative estimate of drug-likeness (QED) is 0.875. The first-order valence-corrected chi connectivity index (χ1v) is 7.43. The molecule has 4 heteroatoms. The van der Waals surface area contributed by atoms with Crippen LogP contribution in [0.2, 0.25) is 0 Å². The molecule has 1 aliphatic carbocycles. The average Bonchev–Trinajstić information content (AvgIpc) is 3.12. The van der Waals surface area contributed by atoms with E-state index < -0.39 is 0 Å². The van der Waals surface area contributed by atoms with Crippen molar-refractivity contribution < 1.29 is 4.42 Å². The third-order valence-corrected chi connectivity index (χ3v) is 4.41. The SMILES string of the molecule is CC1CN(Cc2occc2CNC2CC2)CCN1C. The highest BCUT2D eigenvalue weighted by atomic mass is 16.3. The van der Waals surface area contributed by atoms with E-state index in [4.69, 9.17) is 4.42 Å². The highest BCUT2D eigenvalue weighted by Crippen LogP contribution is 2.21. The second-order valence-electron chi connectivity index (χ2n) is 6.09. The molecule has 3 rings (SSSR count). The van der Waals surface area contributed by atoms with Gasteiger partial charge in [0.2, 0.25) is 0 Å². The number of furan rings is 1. The predicted octanol–water partition coefficient (Wildman–Crippen LogP) is 1.67. The lowest BCUT2D eigenvalue weighted by Gasteiger charge is -2.37. The van der Waals surface area contributed by atoms with Crippen LogP contribution in [0.1, 0.15) is 31.1 Å². The molecule has 106 valence electrons. The van der Waals surface area contributed by atoms with Gasteiger partial charge >= 0.3 is 0 Å². The van der Waals surface area contributed by atoms with Crippen LogP contribution in [-0.4, -0.2) is 48.6 Å². The Hall–Kier alpha value is -0.840. The first-order valence-electron chi connectivity index (χ1n) is 7.43. The van der Waals surface area contributed by atoms with Gasteiger partial charge in [-0.15, -0.1) is 0 Å². The molecule has 1 atom stereocenters. The number of rotatable bonds is 5. The van der Waals surface area contributed by atoms with Crippen molar-refractivity contribution in [1.29, 1.82) is 0 Å². The molecule has 0 bridgehead atoms. The van der Waals surface area contributed by atoms with Crippen molar-refractivity contribution in [3.8, 4) is 0 Å². The number of piperazine rings is 1. The summed E-state index contributed by atoms with van der Waals surface area (Å²) in [6.07, 6.45) is 4.51. The van der Waals surface area contributed by atoms with Crippen molar-refractivity contribution in [3.05, 3.63) is 23.7 Å². The van der Waals surface area contributed by atoms with E-state index in [2.05, 4.69) is 35.2 Å². The Kier molecular flexibility index (Phi) is 3.91. The van der Waals surface area contributed by atoms with Gasteiger partial charge in [-0.3, -0.25) is 4.90 Å². The van der Waals surface area contributed by atoms with Gasteiger partial charge in [-0.25, -0.2) is 0 Å². The van der Waals surface area contributed by atoms with Crippen LogP contribution >= 0.6 is 0 Å². The van der Waals surface area contributed by atoms with Gasteiger partial charge in [-0.1, -0.05) is 0 Å². The molecule has 2 heterocycles. The zero-order valence-electron chi connectivity index (χ0n) is 12.1. The summed E-state index contributed by atoms with van der Waals surface area (Å²) in [5.41, 5.74) is 1.33. The van der Waals surface area contributed by atoms with E-state index in [0.717, 1.165) is 44.5 Å². The first-order chi connectivity index (χ1) is 9.22. The van der Waals surface area contributed by atoms with E-state index in [0.29, 0.717) is 6.04 Å². The maximum atomic E-state index is 5.69. The largest absolute Gasteiger partial charge is 0.468 e. The molecule has 1 N–H and O–H groups in total. The van der Waals surface area contributed by atoms with Crippen LogP contribution in [0.25, 0.3) is 0 Å². The molecular weight excluding hydrogens is 238 g/mol. The Bertz CT molecular complexity index is 413. The van der Waals surface area contributed by atoms with Crippen LogP contribution in [0.15, 0.2) is 16.7 Å².